The van der Waals surface area contributed by atoms with Gasteiger partial charge in [-0.15, -0.1) is 0 Å². The van der Waals surface area contributed by atoms with Crippen molar-refractivity contribution in [2.75, 3.05) is 30.3 Å². The quantitative estimate of drug-likeness (QED) is 0.836. The first-order valence-electron chi connectivity index (χ1n) is 5.15. The fourth-order valence-corrected chi connectivity index (χ4v) is 4.74. The molecule has 0 spiro atoms. The molecule has 0 atom stereocenters. The number of anilines is 1. The summed E-state index contributed by atoms with van der Waals surface area (Å²) in [4.78, 5) is 0.297. The average Bonchev–Trinajstić information content (AvgIpc) is 2.33. The lowest BCUT2D eigenvalue weighted by molar-refractivity contribution is 0.443. The topological polar surface area (TPSA) is 63.4 Å². The highest BCUT2D eigenvalue weighted by atomic mass is 79.9. The molecule has 1 fully saturated rings. The fourth-order valence-electron chi connectivity index (χ4n) is 1.60. The number of sulfonamides is 1. The summed E-state index contributed by atoms with van der Waals surface area (Å²) in [6.45, 7) is 1.16. The maximum atomic E-state index is 12.3. The van der Waals surface area contributed by atoms with Crippen molar-refractivity contribution < 1.29 is 8.42 Å². The van der Waals surface area contributed by atoms with Crippen LogP contribution >= 0.6 is 27.7 Å². The second kappa shape index (κ2) is 5.17. The summed E-state index contributed by atoms with van der Waals surface area (Å²) >= 11 is 5.03. The predicted molar refractivity (Wildman–Crippen MR) is 74.6 cm³/mol. The second-order valence-corrected chi connectivity index (χ2v) is 7.72. The van der Waals surface area contributed by atoms with Crippen LogP contribution in [0.4, 0.5) is 5.69 Å². The molecule has 2 N–H and O–H groups in total. The standard InChI is InChI=1S/C10H13BrN2O2S2/c11-9-7-8(1-2-10(9)12)17(14,15)13-3-5-16-6-4-13/h1-2,7H,3-6,12H2. The number of nitrogen functional groups attached to an aromatic ring is 1. The van der Waals surface area contributed by atoms with E-state index in [0.717, 1.165) is 11.5 Å². The SMILES string of the molecule is Nc1ccc(S(=O)(=O)N2CCSCC2)cc1Br. The molecule has 1 aromatic carbocycles. The first-order valence-corrected chi connectivity index (χ1v) is 8.53. The summed E-state index contributed by atoms with van der Waals surface area (Å²) in [6.07, 6.45) is 0. The highest BCUT2D eigenvalue weighted by molar-refractivity contribution is 9.10. The van der Waals surface area contributed by atoms with Crippen molar-refractivity contribution in [3.05, 3.63) is 22.7 Å². The lowest BCUT2D eigenvalue weighted by Gasteiger charge is -2.25. The molecule has 7 heteroatoms. The minimum absolute atomic E-state index is 0.297. The maximum absolute atomic E-state index is 12.3. The van der Waals surface area contributed by atoms with Crippen LogP contribution in [0.2, 0.25) is 0 Å². The van der Waals surface area contributed by atoms with Crippen LogP contribution < -0.4 is 5.73 Å². The molecule has 1 aromatic rings. The van der Waals surface area contributed by atoms with Gasteiger partial charge in [0.1, 0.15) is 0 Å². The van der Waals surface area contributed by atoms with E-state index >= 15 is 0 Å². The van der Waals surface area contributed by atoms with Crippen molar-refractivity contribution in [3.63, 3.8) is 0 Å². The van der Waals surface area contributed by atoms with Gasteiger partial charge in [-0.3, -0.25) is 0 Å². The van der Waals surface area contributed by atoms with E-state index in [-0.39, 0.29) is 0 Å². The molecule has 1 heterocycles. The smallest absolute Gasteiger partial charge is 0.243 e. The largest absolute Gasteiger partial charge is 0.398 e. The van der Waals surface area contributed by atoms with E-state index in [1.165, 1.54) is 4.31 Å². The number of hydrogen-bond donors (Lipinski definition) is 1. The Hall–Kier alpha value is -0.240. The maximum Gasteiger partial charge on any atom is 0.243 e. The van der Waals surface area contributed by atoms with E-state index in [1.54, 1.807) is 30.0 Å². The van der Waals surface area contributed by atoms with Crippen molar-refractivity contribution >= 4 is 43.4 Å². The van der Waals surface area contributed by atoms with Crippen molar-refractivity contribution in [2.45, 2.75) is 4.90 Å². The van der Waals surface area contributed by atoms with Crippen LogP contribution in [0.1, 0.15) is 0 Å². The number of hydrogen-bond acceptors (Lipinski definition) is 4. The first kappa shape index (κ1) is 13.2. The molecular formula is C10H13BrN2O2S2. The zero-order valence-electron chi connectivity index (χ0n) is 9.10. The Bertz CT molecular complexity index is 513. The van der Waals surface area contributed by atoms with Crippen LogP contribution in [-0.4, -0.2) is 37.3 Å². The summed E-state index contributed by atoms with van der Waals surface area (Å²) < 4.78 is 26.8. The number of thioether (sulfide) groups is 1. The highest BCUT2D eigenvalue weighted by Crippen LogP contribution is 2.26. The minimum Gasteiger partial charge on any atom is -0.398 e. The van der Waals surface area contributed by atoms with E-state index in [2.05, 4.69) is 15.9 Å². The number of benzene rings is 1. The summed E-state index contributed by atoms with van der Waals surface area (Å²) in [7, 11) is -3.37. The molecule has 17 heavy (non-hydrogen) atoms. The van der Waals surface area contributed by atoms with Crippen molar-refractivity contribution in [3.8, 4) is 0 Å². The highest BCUT2D eigenvalue weighted by Gasteiger charge is 2.26. The lowest BCUT2D eigenvalue weighted by atomic mass is 10.3. The third-order valence-corrected chi connectivity index (χ3v) is 6.10. The van der Waals surface area contributed by atoms with Crippen LogP contribution in [0, 0.1) is 0 Å². The van der Waals surface area contributed by atoms with Gasteiger partial charge in [0.2, 0.25) is 10.0 Å². The van der Waals surface area contributed by atoms with Gasteiger partial charge in [-0.2, -0.15) is 16.1 Å². The number of nitrogens with zero attached hydrogens (tertiary/aromatic N) is 1. The van der Waals surface area contributed by atoms with Crippen LogP contribution in [0.3, 0.4) is 0 Å². The molecule has 0 aromatic heterocycles. The van der Waals surface area contributed by atoms with Gasteiger partial charge >= 0.3 is 0 Å². The molecule has 2 rings (SSSR count). The molecule has 0 bridgehead atoms. The molecule has 1 saturated heterocycles. The molecule has 4 nitrogen and oxygen atoms in total. The van der Waals surface area contributed by atoms with Crippen LogP contribution in [-0.2, 0) is 10.0 Å². The third-order valence-electron chi connectivity index (χ3n) is 2.58. The molecule has 1 aliphatic heterocycles. The van der Waals surface area contributed by atoms with Crippen molar-refractivity contribution in [1.29, 1.82) is 0 Å². The minimum atomic E-state index is -3.37. The zero-order valence-corrected chi connectivity index (χ0v) is 12.3. The van der Waals surface area contributed by atoms with Crippen LogP contribution in [0.15, 0.2) is 27.6 Å². The van der Waals surface area contributed by atoms with E-state index < -0.39 is 10.0 Å². The van der Waals surface area contributed by atoms with Gasteiger partial charge in [-0.05, 0) is 34.1 Å². The van der Waals surface area contributed by atoms with Gasteiger partial charge in [-0.1, -0.05) is 0 Å². The molecule has 0 radical (unpaired) electrons. The second-order valence-electron chi connectivity index (χ2n) is 3.70. The van der Waals surface area contributed by atoms with Crippen LogP contribution in [0.5, 0.6) is 0 Å². The number of rotatable bonds is 2. The average molecular weight is 337 g/mol. The van der Waals surface area contributed by atoms with Gasteiger partial charge in [0.05, 0.1) is 4.90 Å². The van der Waals surface area contributed by atoms with Gasteiger partial charge < -0.3 is 5.73 Å². The molecule has 0 amide bonds. The molecule has 94 valence electrons. The lowest BCUT2D eigenvalue weighted by Crippen LogP contribution is -2.37. The summed E-state index contributed by atoms with van der Waals surface area (Å²) in [5.74, 6) is 1.71. The molecule has 1 aliphatic rings. The van der Waals surface area contributed by atoms with Crippen LogP contribution in [0.25, 0.3) is 0 Å². The Morgan fingerprint density at radius 3 is 2.53 bits per heavy atom. The van der Waals surface area contributed by atoms with Gasteiger partial charge in [0, 0.05) is 34.8 Å². The number of halogens is 1. The fraction of sp³-hybridized carbons (Fsp3) is 0.400. The van der Waals surface area contributed by atoms with E-state index in [1.807, 2.05) is 0 Å². The normalized spacial score (nSPS) is 18.2. The Morgan fingerprint density at radius 2 is 1.94 bits per heavy atom. The first-order chi connectivity index (χ1) is 8.01. The Kier molecular flexibility index (Phi) is 4.02. The van der Waals surface area contributed by atoms with Crippen molar-refractivity contribution in [1.82, 2.24) is 4.31 Å². The van der Waals surface area contributed by atoms with Gasteiger partial charge in [0.15, 0.2) is 0 Å². The summed E-state index contributed by atoms with van der Waals surface area (Å²) in [5, 5.41) is 0. The van der Waals surface area contributed by atoms with Gasteiger partial charge in [0.25, 0.3) is 0 Å². The van der Waals surface area contributed by atoms with E-state index in [4.69, 9.17) is 5.73 Å². The van der Waals surface area contributed by atoms with E-state index in [9.17, 15) is 8.42 Å². The van der Waals surface area contributed by atoms with E-state index in [0.29, 0.717) is 28.1 Å². The predicted octanol–water partition coefficient (Wildman–Crippen LogP) is 1.77. The Balaban J connectivity index is 2.33. The number of nitrogens with two attached hydrogens (primary N) is 1. The molecule has 0 unspecified atom stereocenters. The summed E-state index contributed by atoms with van der Waals surface area (Å²) in [5.41, 5.74) is 6.19. The molecule has 0 aliphatic carbocycles. The Labute approximate surface area is 114 Å². The monoisotopic (exact) mass is 336 g/mol. The Morgan fingerprint density at radius 1 is 1.29 bits per heavy atom. The molecular weight excluding hydrogens is 324 g/mol. The molecule has 0 saturated carbocycles. The zero-order chi connectivity index (χ0) is 12.5. The summed E-state index contributed by atoms with van der Waals surface area (Å²) in [6, 6.07) is 4.72. The van der Waals surface area contributed by atoms with Gasteiger partial charge in [-0.25, -0.2) is 8.42 Å². The van der Waals surface area contributed by atoms with Crippen molar-refractivity contribution in [2.24, 2.45) is 0 Å². The third kappa shape index (κ3) is 2.78.